The van der Waals surface area contributed by atoms with Gasteiger partial charge in [0, 0.05) is 19.1 Å². The molecule has 80 valence electrons. The second kappa shape index (κ2) is 4.75. The van der Waals surface area contributed by atoms with Crippen molar-refractivity contribution in [3.05, 3.63) is 0 Å². The molecule has 0 radical (unpaired) electrons. The minimum Gasteiger partial charge on any atom is -0.379 e. The predicted molar refractivity (Wildman–Crippen MR) is 53.0 cm³/mol. The molecule has 2 heterocycles. The fraction of sp³-hybridized carbons (Fsp3) is 0.900. The molecule has 1 amide bonds. The van der Waals surface area contributed by atoms with Crippen LogP contribution in [0.5, 0.6) is 0 Å². The molecule has 0 aromatic heterocycles. The van der Waals surface area contributed by atoms with Crippen molar-refractivity contribution in [2.24, 2.45) is 0 Å². The number of carbonyl (C=O) groups is 1. The maximum Gasteiger partial charge on any atom is 0.221 e. The second-order valence-corrected chi connectivity index (χ2v) is 4.13. The van der Waals surface area contributed by atoms with Crippen molar-refractivity contribution in [2.45, 2.75) is 37.8 Å². The van der Waals surface area contributed by atoms with E-state index in [0.717, 1.165) is 26.0 Å². The summed E-state index contributed by atoms with van der Waals surface area (Å²) in [5, 5.41) is 6.32. The summed E-state index contributed by atoms with van der Waals surface area (Å²) in [6, 6.07) is 0.654. The number of amides is 1. The van der Waals surface area contributed by atoms with Crippen LogP contribution in [0.4, 0.5) is 0 Å². The third-order valence-electron chi connectivity index (χ3n) is 2.89. The third kappa shape index (κ3) is 2.69. The van der Waals surface area contributed by atoms with Crippen LogP contribution in [0.3, 0.4) is 0 Å². The molecule has 2 saturated heterocycles. The lowest BCUT2D eigenvalue weighted by atomic mass is 10.1. The van der Waals surface area contributed by atoms with E-state index in [-0.39, 0.29) is 11.9 Å². The van der Waals surface area contributed by atoms with E-state index >= 15 is 0 Å². The molecule has 2 aliphatic rings. The minimum absolute atomic E-state index is 0.167. The lowest BCUT2D eigenvalue weighted by Crippen LogP contribution is -2.38. The van der Waals surface area contributed by atoms with Gasteiger partial charge < -0.3 is 15.4 Å². The predicted octanol–water partition coefficient (Wildman–Crippen LogP) is 0.0336. The largest absolute Gasteiger partial charge is 0.379 e. The quantitative estimate of drug-likeness (QED) is 0.673. The highest BCUT2D eigenvalue weighted by molar-refractivity contribution is 5.77. The number of hydrogen-bond donors (Lipinski definition) is 2. The highest BCUT2D eigenvalue weighted by Gasteiger charge is 2.21. The number of rotatable bonds is 3. The van der Waals surface area contributed by atoms with Gasteiger partial charge in [0.25, 0.3) is 0 Å². The average Bonchev–Trinajstić information content (AvgIpc) is 2.76. The van der Waals surface area contributed by atoms with E-state index in [4.69, 9.17) is 4.74 Å². The smallest absolute Gasteiger partial charge is 0.221 e. The Kier molecular flexibility index (Phi) is 3.37. The van der Waals surface area contributed by atoms with Gasteiger partial charge in [0.2, 0.25) is 5.91 Å². The van der Waals surface area contributed by atoms with E-state index in [1.165, 1.54) is 6.42 Å². The Morgan fingerprint density at radius 3 is 3.07 bits per heavy atom. The van der Waals surface area contributed by atoms with Gasteiger partial charge in [-0.05, 0) is 25.8 Å². The molecule has 14 heavy (non-hydrogen) atoms. The summed E-state index contributed by atoms with van der Waals surface area (Å²) in [5.41, 5.74) is 0. The van der Waals surface area contributed by atoms with E-state index in [2.05, 4.69) is 10.6 Å². The van der Waals surface area contributed by atoms with Gasteiger partial charge in [0.1, 0.15) is 0 Å². The normalized spacial score (nSPS) is 32.0. The zero-order valence-electron chi connectivity index (χ0n) is 8.42. The topological polar surface area (TPSA) is 50.4 Å². The van der Waals surface area contributed by atoms with Crippen LogP contribution in [0.25, 0.3) is 0 Å². The first-order chi connectivity index (χ1) is 6.84. The summed E-state index contributed by atoms with van der Waals surface area (Å²) in [5.74, 6) is 0.167. The van der Waals surface area contributed by atoms with Gasteiger partial charge >= 0.3 is 0 Å². The summed E-state index contributed by atoms with van der Waals surface area (Å²) < 4.78 is 5.20. The number of carbonyl (C=O) groups excluding carboxylic acids is 1. The van der Waals surface area contributed by atoms with Crippen molar-refractivity contribution in [1.82, 2.24) is 10.6 Å². The fourth-order valence-corrected chi connectivity index (χ4v) is 2.09. The average molecular weight is 198 g/mol. The minimum atomic E-state index is 0.167. The standard InChI is InChI=1S/C10H18N2O2/c13-10(6-8-2-1-4-11-8)12-9-3-5-14-7-9/h8-9,11H,1-7H2,(H,12,13). The van der Waals surface area contributed by atoms with Crippen molar-refractivity contribution >= 4 is 5.91 Å². The Morgan fingerprint density at radius 1 is 1.50 bits per heavy atom. The van der Waals surface area contributed by atoms with Crippen molar-refractivity contribution < 1.29 is 9.53 Å². The lowest BCUT2D eigenvalue weighted by molar-refractivity contribution is -0.122. The molecule has 2 unspecified atom stereocenters. The summed E-state index contributed by atoms with van der Waals surface area (Å²) in [6.45, 7) is 2.53. The van der Waals surface area contributed by atoms with E-state index < -0.39 is 0 Å². The molecule has 2 N–H and O–H groups in total. The molecule has 0 aliphatic carbocycles. The Hall–Kier alpha value is -0.610. The maximum atomic E-state index is 11.5. The van der Waals surface area contributed by atoms with Crippen molar-refractivity contribution in [3.8, 4) is 0 Å². The summed E-state index contributed by atoms with van der Waals surface area (Å²) in [6.07, 6.45) is 3.92. The first kappa shape index (κ1) is 9.93. The zero-order valence-corrected chi connectivity index (χ0v) is 8.42. The van der Waals surface area contributed by atoms with Crippen LogP contribution in [0, 0.1) is 0 Å². The fourth-order valence-electron chi connectivity index (χ4n) is 2.09. The molecule has 0 aromatic carbocycles. The molecule has 2 aliphatic heterocycles. The Balaban J connectivity index is 1.66. The van der Waals surface area contributed by atoms with E-state index in [1.54, 1.807) is 0 Å². The highest BCUT2D eigenvalue weighted by Crippen LogP contribution is 2.09. The Bertz CT molecular complexity index is 176. The van der Waals surface area contributed by atoms with Gasteiger partial charge in [0.05, 0.1) is 12.6 Å². The van der Waals surface area contributed by atoms with Crippen LogP contribution in [0.2, 0.25) is 0 Å². The lowest BCUT2D eigenvalue weighted by Gasteiger charge is -2.13. The van der Waals surface area contributed by atoms with Crippen LogP contribution in [-0.4, -0.2) is 37.7 Å². The van der Waals surface area contributed by atoms with Crippen LogP contribution in [0.1, 0.15) is 25.7 Å². The van der Waals surface area contributed by atoms with Crippen molar-refractivity contribution in [1.29, 1.82) is 0 Å². The molecule has 2 atom stereocenters. The van der Waals surface area contributed by atoms with Gasteiger partial charge in [-0.25, -0.2) is 0 Å². The summed E-state index contributed by atoms with van der Waals surface area (Å²) in [7, 11) is 0. The van der Waals surface area contributed by atoms with Crippen LogP contribution in [-0.2, 0) is 9.53 Å². The molecule has 0 aromatic rings. The molecule has 4 heteroatoms. The van der Waals surface area contributed by atoms with Gasteiger partial charge in [-0.2, -0.15) is 0 Å². The van der Waals surface area contributed by atoms with E-state index in [0.29, 0.717) is 19.1 Å². The molecule has 0 spiro atoms. The SMILES string of the molecule is O=C(CC1CCCN1)NC1CCOC1. The summed E-state index contributed by atoms with van der Waals surface area (Å²) in [4.78, 5) is 11.5. The number of ether oxygens (including phenoxy) is 1. The summed E-state index contributed by atoms with van der Waals surface area (Å²) >= 11 is 0. The Morgan fingerprint density at radius 2 is 2.43 bits per heavy atom. The van der Waals surface area contributed by atoms with Crippen molar-refractivity contribution in [2.75, 3.05) is 19.8 Å². The first-order valence-corrected chi connectivity index (χ1v) is 5.45. The second-order valence-electron chi connectivity index (χ2n) is 4.13. The number of hydrogen-bond acceptors (Lipinski definition) is 3. The van der Waals surface area contributed by atoms with Crippen molar-refractivity contribution in [3.63, 3.8) is 0 Å². The zero-order chi connectivity index (χ0) is 9.80. The molecular weight excluding hydrogens is 180 g/mol. The van der Waals surface area contributed by atoms with E-state index in [9.17, 15) is 4.79 Å². The number of nitrogens with one attached hydrogen (secondary N) is 2. The van der Waals surface area contributed by atoms with Gasteiger partial charge in [-0.3, -0.25) is 4.79 Å². The highest BCUT2D eigenvalue weighted by atomic mass is 16.5. The van der Waals surface area contributed by atoms with E-state index in [1.807, 2.05) is 0 Å². The molecular formula is C10H18N2O2. The van der Waals surface area contributed by atoms with Crippen LogP contribution in [0.15, 0.2) is 0 Å². The Labute approximate surface area is 84.4 Å². The first-order valence-electron chi connectivity index (χ1n) is 5.45. The van der Waals surface area contributed by atoms with Gasteiger partial charge in [-0.15, -0.1) is 0 Å². The third-order valence-corrected chi connectivity index (χ3v) is 2.89. The molecule has 0 bridgehead atoms. The maximum absolute atomic E-state index is 11.5. The van der Waals surface area contributed by atoms with Gasteiger partial charge in [-0.1, -0.05) is 0 Å². The molecule has 0 saturated carbocycles. The molecule has 2 rings (SSSR count). The molecule has 2 fully saturated rings. The molecule has 4 nitrogen and oxygen atoms in total. The van der Waals surface area contributed by atoms with Crippen LogP contribution >= 0.6 is 0 Å². The monoisotopic (exact) mass is 198 g/mol. The van der Waals surface area contributed by atoms with Gasteiger partial charge in [0.15, 0.2) is 0 Å². The van der Waals surface area contributed by atoms with Crippen LogP contribution < -0.4 is 10.6 Å².